The maximum atomic E-state index is 10.8. The van der Waals surface area contributed by atoms with Gasteiger partial charge < -0.3 is 5.11 Å². The molecule has 0 heterocycles. The standard InChI is InChI=1S/C8H18O3S/c1-4-5-8(2,9)6-7-12(3,10)11/h9H,4-7H2,1-3H3. The first-order valence-electron chi connectivity index (χ1n) is 4.17. The molecule has 0 rings (SSSR count). The van der Waals surface area contributed by atoms with E-state index in [1.54, 1.807) is 6.92 Å². The Morgan fingerprint density at radius 2 is 1.83 bits per heavy atom. The lowest BCUT2D eigenvalue weighted by molar-refractivity contribution is 0.0470. The van der Waals surface area contributed by atoms with Crippen LogP contribution in [0.3, 0.4) is 0 Å². The molecule has 12 heavy (non-hydrogen) atoms. The average molecular weight is 194 g/mol. The van der Waals surface area contributed by atoms with Crippen LogP contribution in [0.1, 0.15) is 33.1 Å². The van der Waals surface area contributed by atoms with Crippen LogP contribution in [-0.4, -0.2) is 31.1 Å². The van der Waals surface area contributed by atoms with Gasteiger partial charge in [-0.1, -0.05) is 13.3 Å². The van der Waals surface area contributed by atoms with Gasteiger partial charge in [0.25, 0.3) is 0 Å². The highest BCUT2D eigenvalue weighted by Gasteiger charge is 2.20. The lowest BCUT2D eigenvalue weighted by Crippen LogP contribution is -2.26. The number of sulfone groups is 1. The normalized spacial score (nSPS) is 17.3. The minimum atomic E-state index is -2.94. The van der Waals surface area contributed by atoms with E-state index in [4.69, 9.17) is 0 Å². The molecule has 0 fully saturated rings. The van der Waals surface area contributed by atoms with Gasteiger partial charge in [-0.3, -0.25) is 0 Å². The third kappa shape index (κ3) is 6.61. The van der Waals surface area contributed by atoms with Crippen molar-refractivity contribution in [1.29, 1.82) is 0 Å². The van der Waals surface area contributed by atoms with Crippen LogP contribution in [0, 0.1) is 0 Å². The first kappa shape index (κ1) is 11.9. The minimum absolute atomic E-state index is 0.0694. The van der Waals surface area contributed by atoms with Gasteiger partial charge in [0, 0.05) is 6.26 Å². The van der Waals surface area contributed by atoms with E-state index in [2.05, 4.69) is 0 Å². The zero-order valence-corrected chi connectivity index (χ0v) is 8.82. The Balaban J connectivity index is 3.92. The molecule has 0 aromatic carbocycles. The summed E-state index contributed by atoms with van der Waals surface area (Å²) in [5, 5.41) is 9.61. The van der Waals surface area contributed by atoms with Crippen LogP contribution in [0.2, 0.25) is 0 Å². The van der Waals surface area contributed by atoms with Gasteiger partial charge in [-0.2, -0.15) is 0 Å². The fraction of sp³-hybridized carbons (Fsp3) is 1.00. The second-order valence-corrected chi connectivity index (χ2v) is 5.89. The molecule has 0 aliphatic carbocycles. The highest BCUT2D eigenvalue weighted by molar-refractivity contribution is 7.90. The molecule has 1 unspecified atom stereocenters. The molecule has 1 N–H and O–H groups in total. The number of hydrogen-bond acceptors (Lipinski definition) is 3. The minimum Gasteiger partial charge on any atom is -0.390 e. The molecule has 0 saturated carbocycles. The summed E-state index contributed by atoms with van der Waals surface area (Å²) < 4.78 is 21.5. The Morgan fingerprint density at radius 1 is 1.33 bits per heavy atom. The first-order valence-corrected chi connectivity index (χ1v) is 6.23. The highest BCUT2D eigenvalue weighted by Crippen LogP contribution is 2.16. The van der Waals surface area contributed by atoms with E-state index in [1.165, 1.54) is 6.26 Å². The molecule has 0 radical (unpaired) electrons. The fourth-order valence-corrected chi connectivity index (χ4v) is 1.88. The molecule has 74 valence electrons. The highest BCUT2D eigenvalue weighted by atomic mass is 32.2. The molecule has 0 aliphatic heterocycles. The van der Waals surface area contributed by atoms with E-state index < -0.39 is 15.4 Å². The molecule has 0 spiro atoms. The van der Waals surface area contributed by atoms with Gasteiger partial charge in [0.2, 0.25) is 0 Å². The molecule has 0 bridgehead atoms. The van der Waals surface area contributed by atoms with E-state index >= 15 is 0 Å². The largest absolute Gasteiger partial charge is 0.390 e. The monoisotopic (exact) mass is 194 g/mol. The van der Waals surface area contributed by atoms with Crippen molar-refractivity contribution in [3.8, 4) is 0 Å². The van der Waals surface area contributed by atoms with Crippen LogP contribution >= 0.6 is 0 Å². The van der Waals surface area contributed by atoms with Crippen molar-refractivity contribution in [2.45, 2.75) is 38.7 Å². The second kappa shape index (κ2) is 4.23. The van der Waals surface area contributed by atoms with Crippen LogP contribution in [-0.2, 0) is 9.84 Å². The summed E-state index contributed by atoms with van der Waals surface area (Å²) in [6.45, 7) is 3.65. The van der Waals surface area contributed by atoms with Gasteiger partial charge in [-0.15, -0.1) is 0 Å². The van der Waals surface area contributed by atoms with Crippen LogP contribution < -0.4 is 0 Å². The first-order chi connectivity index (χ1) is 5.27. The molecule has 0 aromatic rings. The van der Waals surface area contributed by atoms with Crippen LogP contribution in [0.5, 0.6) is 0 Å². The maximum Gasteiger partial charge on any atom is 0.147 e. The molecule has 0 saturated heterocycles. The third-order valence-corrected chi connectivity index (χ3v) is 2.75. The second-order valence-electron chi connectivity index (χ2n) is 3.63. The summed E-state index contributed by atoms with van der Waals surface area (Å²) in [5.41, 5.74) is -0.822. The summed E-state index contributed by atoms with van der Waals surface area (Å²) in [6.07, 6.45) is 3.05. The van der Waals surface area contributed by atoms with Crippen molar-refractivity contribution in [3.05, 3.63) is 0 Å². The average Bonchev–Trinajstić information content (AvgIpc) is 1.83. The van der Waals surface area contributed by atoms with Crippen LogP contribution in [0.4, 0.5) is 0 Å². The molecular formula is C8H18O3S. The summed E-state index contributed by atoms with van der Waals surface area (Å²) in [5.74, 6) is 0.0694. The van der Waals surface area contributed by atoms with E-state index in [1.807, 2.05) is 6.92 Å². The van der Waals surface area contributed by atoms with Gasteiger partial charge in [-0.25, -0.2) is 8.42 Å². The Hall–Kier alpha value is -0.0900. The SMILES string of the molecule is CCCC(C)(O)CCS(C)(=O)=O. The summed E-state index contributed by atoms with van der Waals surface area (Å²) in [7, 11) is -2.94. The van der Waals surface area contributed by atoms with Gasteiger partial charge in [0.1, 0.15) is 9.84 Å². The molecule has 4 heteroatoms. The number of rotatable bonds is 5. The van der Waals surface area contributed by atoms with Crippen LogP contribution in [0.25, 0.3) is 0 Å². The molecule has 0 aromatic heterocycles. The third-order valence-electron chi connectivity index (χ3n) is 1.80. The lowest BCUT2D eigenvalue weighted by Gasteiger charge is -2.21. The van der Waals surface area contributed by atoms with E-state index in [0.29, 0.717) is 12.8 Å². The van der Waals surface area contributed by atoms with E-state index in [-0.39, 0.29) is 5.75 Å². The summed E-state index contributed by atoms with van der Waals surface area (Å²) in [4.78, 5) is 0. The van der Waals surface area contributed by atoms with Gasteiger partial charge in [0.05, 0.1) is 11.4 Å². The number of aliphatic hydroxyl groups is 1. The Kier molecular flexibility index (Phi) is 4.20. The number of hydrogen-bond donors (Lipinski definition) is 1. The maximum absolute atomic E-state index is 10.8. The summed E-state index contributed by atoms with van der Waals surface area (Å²) in [6, 6.07) is 0. The molecule has 0 amide bonds. The van der Waals surface area contributed by atoms with Gasteiger partial charge in [0.15, 0.2) is 0 Å². The summed E-state index contributed by atoms with van der Waals surface area (Å²) >= 11 is 0. The van der Waals surface area contributed by atoms with Crippen molar-refractivity contribution in [1.82, 2.24) is 0 Å². The van der Waals surface area contributed by atoms with E-state index in [0.717, 1.165) is 6.42 Å². The van der Waals surface area contributed by atoms with Crippen molar-refractivity contribution in [2.24, 2.45) is 0 Å². The molecular weight excluding hydrogens is 176 g/mol. The van der Waals surface area contributed by atoms with Crippen molar-refractivity contribution in [2.75, 3.05) is 12.0 Å². The van der Waals surface area contributed by atoms with Crippen molar-refractivity contribution in [3.63, 3.8) is 0 Å². The zero-order chi connectivity index (χ0) is 9.83. The van der Waals surface area contributed by atoms with Gasteiger partial charge >= 0.3 is 0 Å². The quantitative estimate of drug-likeness (QED) is 0.709. The fourth-order valence-electron chi connectivity index (χ4n) is 1.07. The smallest absolute Gasteiger partial charge is 0.147 e. The predicted octanol–water partition coefficient (Wildman–Crippen LogP) is 0.972. The van der Waals surface area contributed by atoms with Crippen LogP contribution in [0.15, 0.2) is 0 Å². The lowest BCUT2D eigenvalue weighted by atomic mass is 9.98. The van der Waals surface area contributed by atoms with Crippen molar-refractivity contribution < 1.29 is 13.5 Å². The Morgan fingerprint density at radius 3 is 2.17 bits per heavy atom. The zero-order valence-electron chi connectivity index (χ0n) is 8.00. The predicted molar refractivity (Wildman–Crippen MR) is 49.9 cm³/mol. The Labute approximate surface area is 74.7 Å². The molecule has 1 atom stereocenters. The Bertz CT molecular complexity index is 216. The topological polar surface area (TPSA) is 54.4 Å². The van der Waals surface area contributed by atoms with Crippen molar-refractivity contribution >= 4 is 9.84 Å². The van der Waals surface area contributed by atoms with E-state index in [9.17, 15) is 13.5 Å². The van der Waals surface area contributed by atoms with Gasteiger partial charge in [-0.05, 0) is 19.8 Å². The molecule has 0 aliphatic rings. The molecule has 3 nitrogen and oxygen atoms in total.